The van der Waals surface area contributed by atoms with Crippen LogP contribution in [0.25, 0.3) is 0 Å². The lowest BCUT2D eigenvalue weighted by atomic mass is 9.74. The average Bonchev–Trinajstić information content (AvgIpc) is 3.08. The van der Waals surface area contributed by atoms with E-state index in [1.165, 1.54) is 32.4 Å². The molecule has 1 spiro atoms. The Bertz CT molecular complexity index is 1190. The van der Waals surface area contributed by atoms with Gasteiger partial charge in [-0.05, 0) is 18.6 Å². The fraction of sp³-hybridized carbons (Fsp3) is 0.261. The lowest BCUT2D eigenvalue weighted by Crippen LogP contribution is -2.55. The zero-order valence-electron chi connectivity index (χ0n) is 17.5. The van der Waals surface area contributed by atoms with E-state index >= 15 is 0 Å². The fourth-order valence-corrected chi connectivity index (χ4v) is 4.43. The average molecular weight is 458 g/mol. The predicted molar refractivity (Wildman–Crippen MR) is 116 cm³/mol. The number of hydrogen-bond donors (Lipinski definition) is 2. The molecular formula is C23H20ClNO7. The van der Waals surface area contributed by atoms with Crippen molar-refractivity contribution in [1.29, 1.82) is 0 Å². The van der Waals surface area contributed by atoms with Crippen molar-refractivity contribution in [1.82, 2.24) is 0 Å². The van der Waals surface area contributed by atoms with E-state index in [0.29, 0.717) is 11.4 Å². The van der Waals surface area contributed by atoms with Crippen molar-refractivity contribution in [2.75, 3.05) is 19.5 Å². The highest BCUT2D eigenvalue weighted by atomic mass is 35.5. The van der Waals surface area contributed by atoms with Gasteiger partial charge in [0.2, 0.25) is 17.2 Å². The number of methoxy groups -OCH3 is 2. The van der Waals surface area contributed by atoms with E-state index in [0.717, 1.165) is 0 Å². The van der Waals surface area contributed by atoms with Gasteiger partial charge in [-0.1, -0.05) is 30.7 Å². The van der Waals surface area contributed by atoms with Gasteiger partial charge in [-0.3, -0.25) is 9.59 Å². The van der Waals surface area contributed by atoms with Gasteiger partial charge in [-0.25, -0.2) is 4.79 Å². The minimum absolute atomic E-state index is 0.0501. The number of para-hydroxylation sites is 1. The van der Waals surface area contributed by atoms with Crippen molar-refractivity contribution < 1.29 is 33.7 Å². The number of Topliss-reactive ketones (excluding diaryl/α,β-unsaturated/α-hetero) is 1. The van der Waals surface area contributed by atoms with Gasteiger partial charge in [0.25, 0.3) is 0 Å². The zero-order chi connectivity index (χ0) is 23.2. The van der Waals surface area contributed by atoms with Gasteiger partial charge in [0.1, 0.15) is 22.1 Å². The summed E-state index contributed by atoms with van der Waals surface area (Å²) < 4.78 is 16.6. The first-order chi connectivity index (χ1) is 15.2. The van der Waals surface area contributed by atoms with E-state index in [2.05, 4.69) is 5.32 Å². The number of halogens is 1. The van der Waals surface area contributed by atoms with Crippen LogP contribution in [-0.4, -0.2) is 42.5 Å². The third-order valence-electron chi connectivity index (χ3n) is 5.76. The van der Waals surface area contributed by atoms with Crippen LogP contribution in [0.5, 0.6) is 17.2 Å². The largest absolute Gasteiger partial charge is 0.496 e. The third-order valence-corrected chi connectivity index (χ3v) is 6.12. The molecule has 0 amide bonds. The number of carboxylic acids is 1. The number of anilines is 1. The summed E-state index contributed by atoms with van der Waals surface area (Å²) >= 11 is 6.38. The highest BCUT2D eigenvalue weighted by molar-refractivity contribution is 6.36. The lowest BCUT2D eigenvalue weighted by Gasteiger charge is -2.35. The van der Waals surface area contributed by atoms with E-state index in [4.69, 9.17) is 25.8 Å². The van der Waals surface area contributed by atoms with Crippen LogP contribution in [0.1, 0.15) is 34.1 Å². The van der Waals surface area contributed by atoms with Crippen molar-refractivity contribution in [2.45, 2.75) is 18.9 Å². The second kappa shape index (κ2) is 7.87. The topological polar surface area (TPSA) is 111 Å². The van der Waals surface area contributed by atoms with Crippen molar-refractivity contribution in [3.05, 3.63) is 58.3 Å². The zero-order valence-corrected chi connectivity index (χ0v) is 18.3. The second-order valence-corrected chi connectivity index (χ2v) is 7.96. The molecule has 9 heteroatoms. The maximum Gasteiger partial charge on any atom is 0.337 e. The maximum atomic E-state index is 13.5. The van der Waals surface area contributed by atoms with Crippen molar-refractivity contribution >= 4 is 34.8 Å². The van der Waals surface area contributed by atoms with Gasteiger partial charge in [-0.2, -0.15) is 0 Å². The van der Waals surface area contributed by atoms with Crippen molar-refractivity contribution in [3.63, 3.8) is 0 Å². The summed E-state index contributed by atoms with van der Waals surface area (Å²) in [6.45, 7) is 1.72. The third kappa shape index (κ3) is 3.10. The number of carbonyl (C=O) groups excluding carboxylic acids is 2. The Morgan fingerprint density at radius 3 is 2.53 bits per heavy atom. The van der Waals surface area contributed by atoms with E-state index in [1.54, 1.807) is 25.1 Å². The summed E-state index contributed by atoms with van der Waals surface area (Å²) in [6.07, 6.45) is 1.54. The molecule has 2 aromatic carbocycles. The molecule has 1 heterocycles. The van der Waals surface area contributed by atoms with E-state index in [-0.39, 0.29) is 39.8 Å². The molecule has 2 aromatic rings. The second-order valence-electron chi connectivity index (χ2n) is 7.58. The molecule has 0 aromatic heterocycles. The van der Waals surface area contributed by atoms with Crippen molar-refractivity contribution in [2.24, 2.45) is 5.92 Å². The van der Waals surface area contributed by atoms with Gasteiger partial charge >= 0.3 is 5.97 Å². The molecule has 32 heavy (non-hydrogen) atoms. The molecule has 4 rings (SSSR count). The lowest BCUT2D eigenvalue weighted by molar-refractivity contribution is -0.129. The molecule has 2 aliphatic rings. The van der Waals surface area contributed by atoms with Crippen LogP contribution in [-0.2, 0) is 4.79 Å². The Balaban J connectivity index is 1.73. The minimum Gasteiger partial charge on any atom is -0.496 e. The summed E-state index contributed by atoms with van der Waals surface area (Å²) in [7, 11) is 2.82. The standard InChI is InChI=1S/C23H20ClNO7/c1-11-8-12(25-14-7-5-4-6-13(14)22(28)29)9-17(26)23(11)21(27)18-15(30-2)10-16(31-3)19(24)20(18)32-23/h4-7,9-11,25H,8H2,1-3H3,(H,28,29). The summed E-state index contributed by atoms with van der Waals surface area (Å²) in [5, 5.41) is 12.5. The first-order valence-electron chi connectivity index (χ1n) is 9.77. The highest BCUT2D eigenvalue weighted by Crippen LogP contribution is 2.53. The quantitative estimate of drug-likeness (QED) is 0.649. The minimum atomic E-state index is -1.79. The highest BCUT2D eigenvalue weighted by Gasteiger charge is 2.60. The smallest absolute Gasteiger partial charge is 0.337 e. The fourth-order valence-electron chi connectivity index (χ4n) is 4.17. The number of aromatic carboxylic acids is 1. The summed E-state index contributed by atoms with van der Waals surface area (Å²) in [5.74, 6) is -2.27. The number of fused-ring (bicyclic) bond motifs is 1. The van der Waals surface area contributed by atoms with Gasteiger partial charge in [0, 0.05) is 23.8 Å². The first-order valence-corrected chi connectivity index (χ1v) is 10.1. The normalized spacial score (nSPS) is 21.6. The number of ether oxygens (including phenoxy) is 3. The molecule has 1 aliphatic carbocycles. The maximum absolute atomic E-state index is 13.5. The Morgan fingerprint density at radius 2 is 1.91 bits per heavy atom. The van der Waals surface area contributed by atoms with Crippen LogP contribution in [0.3, 0.4) is 0 Å². The van der Waals surface area contributed by atoms with E-state index < -0.39 is 29.1 Å². The Morgan fingerprint density at radius 1 is 1.22 bits per heavy atom. The van der Waals surface area contributed by atoms with Crippen LogP contribution in [0, 0.1) is 5.92 Å². The van der Waals surface area contributed by atoms with Crippen LogP contribution in [0.2, 0.25) is 5.02 Å². The molecule has 2 unspecified atom stereocenters. The van der Waals surface area contributed by atoms with E-state index in [1.807, 2.05) is 0 Å². The molecule has 0 saturated heterocycles. The predicted octanol–water partition coefficient (Wildman–Crippen LogP) is 3.97. The monoisotopic (exact) mass is 457 g/mol. The molecular weight excluding hydrogens is 438 g/mol. The van der Waals surface area contributed by atoms with Crippen molar-refractivity contribution in [3.8, 4) is 17.2 Å². The Hall–Kier alpha value is -3.52. The molecule has 8 nitrogen and oxygen atoms in total. The number of carbonyl (C=O) groups is 3. The SMILES string of the molecule is COc1cc(OC)c2c(c1Cl)OC1(C(=O)C=C(Nc3ccccc3C(=O)O)CC1C)C2=O. The van der Waals surface area contributed by atoms with Crippen LogP contribution in [0.15, 0.2) is 42.1 Å². The van der Waals surface area contributed by atoms with Crippen LogP contribution >= 0.6 is 11.6 Å². The molecule has 1 aliphatic heterocycles. The van der Waals surface area contributed by atoms with Gasteiger partial charge < -0.3 is 24.6 Å². The molecule has 0 radical (unpaired) electrons. The number of carboxylic acid groups (broad SMARTS) is 1. The van der Waals surface area contributed by atoms with Crippen LogP contribution < -0.4 is 19.5 Å². The van der Waals surface area contributed by atoms with Gasteiger partial charge in [0.05, 0.1) is 25.5 Å². The number of allylic oxidation sites excluding steroid dienone is 1. The number of hydrogen-bond acceptors (Lipinski definition) is 7. The molecule has 2 N–H and O–H groups in total. The summed E-state index contributed by atoms with van der Waals surface area (Å²) in [6, 6.07) is 7.84. The number of ketones is 2. The first kappa shape index (κ1) is 21.7. The van der Waals surface area contributed by atoms with E-state index in [9.17, 15) is 19.5 Å². The molecule has 0 bridgehead atoms. The van der Waals surface area contributed by atoms with Crippen LogP contribution in [0.4, 0.5) is 5.69 Å². The molecule has 0 saturated carbocycles. The summed E-state index contributed by atoms with van der Waals surface area (Å²) in [5.41, 5.74) is -0.802. The van der Waals surface area contributed by atoms with Gasteiger partial charge in [-0.15, -0.1) is 0 Å². The summed E-state index contributed by atoms with van der Waals surface area (Å²) in [4.78, 5) is 38.3. The van der Waals surface area contributed by atoms with Gasteiger partial charge in [0.15, 0.2) is 5.75 Å². The Kier molecular flexibility index (Phi) is 5.34. The Labute approximate surface area is 188 Å². The molecule has 166 valence electrons. The number of rotatable bonds is 5. The molecule has 0 fully saturated rings. The number of nitrogens with one attached hydrogen (secondary N) is 1. The molecule has 2 atom stereocenters. The number of benzene rings is 2.